The third kappa shape index (κ3) is 4.44. The van der Waals surface area contributed by atoms with Gasteiger partial charge in [0.2, 0.25) is 0 Å². The van der Waals surface area contributed by atoms with Crippen LogP contribution in [0, 0.1) is 0 Å². The Morgan fingerprint density at radius 2 is 1.83 bits per heavy atom. The van der Waals surface area contributed by atoms with Gasteiger partial charge in [-0.3, -0.25) is 9.63 Å². The number of carbonyl (C=O) groups is 1. The molecule has 0 bridgehead atoms. The van der Waals surface area contributed by atoms with Crippen molar-refractivity contribution in [2.24, 2.45) is 0 Å². The van der Waals surface area contributed by atoms with Crippen LogP contribution >= 0.6 is 0 Å². The van der Waals surface area contributed by atoms with E-state index >= 15 is 0 Å². The largest absolute Gasteiger partial charge is 0.382 e. The van der Waals surface area contributed by atoms with E-state index in [9.17, 15) is 4.79 Å². The quantitative estimate of drug-likeness (QED) is 0.545. The van der Waals surface area contributed by atoms with Gasteiger partial charge in [0, 0.05) is 19.7 Å². The number of carbonyl (C=O) groups excluding carboxylic acids is 1. The first-order valence-corrected chi connectivity index (χ1v) is 5.66. The number of methoxy groups -OCH3 is 1. The predicted octanol–water partition coefficient (Wildman–Crippen LogP) is 1.48. The van der Waals surface area contributed by atoms with Crippen molar-refractivity contribution in [3.63, 3.8) is 0 Å². The van der Waals surface area contributed by atoms with Crippen molar-refractivity contribution < 1.29 is 19.1 Å². The Balaban J connectivity index is 2.49. The van der Waals surface area contributed by atoms with Crippen molar-refractivity contribution >= 4 is 5.91 Å². The van der Waals surface area contributed by atoms with Crippen LogP contribution in [0.25, 0.3) is 0 Å². The highest BCUT2D eigenvalue weighted by Gasteiger charge is 2.10. The molecule has 0 aliphatic heterocycles. The zero-order valence-corrected chi connectivity index (χ0v) is 11.0. The summed E-state index contributed by atoms with van der Waals surface area (Å²) in [5.41, 5.74) is 1.60. The molecule has 0 aliphatic carbocycles. The van der Waals surface area contributed by atoms with Gasteiger partial charge in [0.1, 0.15) is 0 Å². The van der Waals surface area contributed by atoms with Gasteiger partial charge in [-0.15, -0.1) is 0 Å². The van der Waals surface area contributed by atoms with Crippen LogP contribution in [-0.2, 0) is 20.9 Å². The molecule has 0 heterocycles. The van der Waals surface area contributed by atoms with Gasteiger partial charge in [-0.1, -0.05) is 12.1 Å². The van der Waals surface area contributed by atoms with Crippen molar-refractivity contribution in [1.82, 2.24) is 5.06 Å². The summed E-state index contributed by atoms with van der Waals surface area (Å²) in [6.45, 7) is 1.65. The molecule has 1 rings (SSSR count). The van der Waals surface area contributed by atoms with Gasteiger partial charge in [-0.25, -0.2) is 5.06 Å². The van der Waals surface area contributed by atoms with Gasteiger partial charge < -0.3 is 9.47 Å². The normalized spacial score (nSPS) is 10.4. The molecule has 0 spiro atoms. The maximum Gasteiger partial charge on any atom is 0.277 e. The van der Waals surface area contributed by atoms with E-state index in [4.69, 9.17) is 14.3 Å². The standard InChI is InChI=1S/C13H19NO4/c1-14(17-3)13(15)12-6-4-11(5-7-12)10-18-9-8-16-2/h4-7H,8-10H2,1-3H3. The van der Waals surface area contributed by atoms with Gasteiger partial charge >= 0.3 is 0 Å². The molecule has 0 fully saturated rings. The molecule has 1 amide bonds. The molecular weight excluding hydrogens is 234 g/mol. The molecule has 0 aromatic heterocycles. The molecule has 5 heteroatoms. The van der Waals surface area contributed by atoms with Gasteiger partial charge in [-0.2, -0.15) is 0 Å². The van der Waals surface area contributed by atoms with Gasteiger partial charge in [-0.05, 0) is 17.7 Å². The Hall–Kier alpha value is -1.43. The van der Waals surface area contributed by atoms with E-state index in [0.29, 0.717) is 25.4 Å². The Morgan fingerprint density at radius 3 is 2.39 bits per heavy atom. The number of hydrogen-bond donors (Lipinski definition) is 0. The average molecular weight is 253 g/mol. The second-order valence-electron chi connectivity index (χ2n) is 3.73. The number of nitrogens with zero attached hydrogens (tertiary/aromatic N) is 1. The Labute approximate surface area is 107 Å². The average Bonchev–Trinajstić information content (AvgIpc) is 2.42. The van der Waals surface area contributed by atoms with Crippen LogP contribution in [0.15, 0.2) is 24.3 Å². The van der Waals surface area contributed by atoms with E-state index in [0.717, 1.165) is 5.56 Å². The summed E-state index contributed by atoms with van der Waals surface area (Å²) in [5.74, 6) is -0.177. The van der Waals surface area contributed by atoms with Crippen molar-refractivity contribution in [2.45, 2.75) is 6.61 Å². The van der Waals surface area contributed by atoms with E-state index in [-0.39, 0.29) is 5.91 Å². The SMILES string of the molecule is COCCOCc1ccc(C(=O)N(C)OC)cc1. The van der Waals surface area contributed by atoms with E-state index in [1.54, 1.807) is 26.3 Å². The molecule has 0 unspecified atom stereocenters. The topological polar surface area (TPSA) is 48.0 Å². The minimum atomic E-state index is -0.177. The van der Waals surface area contributed by atoms with E-state index < -0.39 is 0 Å². The molecule has 0 atom stereocenters. The monoisotopic (exact) mass is 253 g/mol. The molecule has 5 nitrogen and oxygen atoms in total. The summed E-state index contributed by atoms with van der Waals surface area (Å²) < 4.78 is 10.3. The van der Waals surface area contributed by atoms with Crippen LogP contribution < -0.4 is 0 Å². The molecule has 0 saturated heterocycles. The highest BCUT2D eigenvalue weighted by molar-refractivity contribution is 5.93. The second kappa shape index (κ2) is 7.81. The van der Waals surface area contributed by atoms with Crippen LogP contribution in [0.5, 0.6) is 0 Å². The van der Waals surface area contributed by atoms with Gasteiger partial charge in [0.05, 0.1) is 26.9 Å². The molecule has 1 aromatic rings. The van der Waals surface area contributed by atoms with Crippen molar-refractivity contribution in [3.8, 4) is 0 Å². The van der Waals surface area contributed by atoms with Crippen LogP contribution in [0.2, 0.25) is 0 Å². The van der Waals surface area contributed by atoms with Crippen LogP contribution in [-0.4, -0.2) is 45.5 Å². The first kappa shape index (κ1) is 14.6. The first-order valence-electron chi connectivity index (χ1n) is 5.66. The smallest absolute Gasteiger partial charge is 0.277 e. The molecule has 0 saturated carbocycles. The molecular formula is C13H19NO4. The number of hydroxylamine groups is 2. The van der Waals surface area contributed by atoms with E-state index in [1.165, 1.54) is 12.2 Å². The van der Waals surface area contributed by atoms with Crippen LogP contribution in [0.1, 0.15) is 15.9 Å². The first-order chi connectivity index (χ1) is 8.69. The maximum atomic E-state index is 11.7. The summed E-state index contributed by atoms with van der Waals surface area (Å²) in [4.78, 5) is 16.6. The second-order valence-corrected chi connectivity index (χ2v) is 3.73. The highest BCUT2D eigenvalue weighted by Crippen LogP contribution is 2.08. The Bertz CT molecular complexity index is 364. The highest BCUT2D eigenvalue weighted by atomic mass is 16.7. The minimum Gasteiger partial charge on any atom is -0.382 e. The lowest BCUT2D eigenvalue weighted by Gasteiger charge is -2.13. The predicted molar refractivity (Wildman–Crippen MR) is 67.1 cm³/mol. The zero-order chi connectivity index (χ0) is 13.4. The molecule has 1 aromatic carbocycles. The fourth-order valence-electron chi connectivity index (χ4n) is 1.34. The minimum absolute atomic E-state index is 0.177. The lowest BCUT2D eigenvalue weighted by atomic mass is 10.1. The lowest BCUT2D eigenvalue weighted by molar-refractivity contribution is -0.0757. The molecule has 0 N–H and O–H groups in total. The van der Waals surface area contributed by atoms with Crippen LogP contribution in [0.3, 0.4) is 0 Å². The van der Waals surface area contributed by atoms with Crippen molar-refractivity contribution in [1.29, 1.82) is 0 Å². The van der Waals surface area contributed by atoms with E-state index in [1.807, 2.05) is 12.1 Å². The number of ether oxygens (including phenoxy) is 2. The van der Waals surface area contributed by atoms with E-state index in [2.05, 4.69) is 0 Å². The third-order valence-corrected chi connectivity index (χ3v) is 2.46. The fraction of sp³-hybridized carbons (Fsp3) is 0.462. The van der Waals surface area contributed by atoms with Crippen LogP contribution in [0.4, 0.5) is 0 Å². The maximum absolute atomic E-state index is 11.7. The number of hydrogen-bond acceptors (Lipinski definition) is 4. The van der Waals surface area contributed by atoms with Gasteiger partial charge in [0.15, 0.2) is 0 Å². The summed E-state index contributed by atoms with van der Waals surface area (Å²) in [7, 11) is 4.66. The Kier molecular flexibility index (Phi) is 6.35. The molecule has 0 aliphatic rings. The summed E-state index contributed by atoms with van der Waals surface area (Å²) in [6, 6.07) is 7.24. The molecule has 0 radical (unpaired) electrons. The number of amides is 1. The third-order valence-electron chi connectivity index (χ3n) is 2.46. The summed E-state index contributed by atoms with van der Waals surface area (Å²) in [5, 5.41) is 1.18. The summed E-state index contributed by atoms with van der Waals surface area (Å²) >= 11 is 0. The lowest BCUT2D eigenvalue weighted by Crippen LogP contribution is -2.25. The van der Waals surface area contributed by atoms with Crippen molar-refractivity contribution in [3.05, 3.63) is 35.4 Å². The Morgan fingerprint density at radius 1 is 1.17 bits per heavy atom. The molecule has 100 valence electrons. The van der Waals surface area contributed by atoms with Crippen molar-refractivity contribution in [2.75, 3.05) is 34.5 Å². The summed E-state index contributed by atoms with van der Waals surface area (Å²) in [6.07, 6.45) is 0. The number of benzene rings is 1. The number of rotatable bonds is 7. The fourth-order valence-corrected chi connectivity index (χ4v) is 1.34. The zero-order valence-electron chi connectivity index (χ0n) is 11.0. The molecule has 18 heavy (non-hydrogen) atoms. The van der Waals surface area contributed by atoms with Gasteiger partial charge in [0.25, 0.3) is 5.91 Å².